The Morgan fingerprint density at radius 3 is 1.95 bits per heavy atom. The van der Waals surface area contributed by atoms with E-state index in [1.165, 1.54) is 0 Å². The van der Waals surface area contributed by atoms with Crippen LogP contribution in [0.1, 0.15) is 24.4 Å². The fourth-order valence-corrected chi connectivity index (χ4v) is 1.88. The molecule has 0 spiro atoms. The SMILES string of the molecule is COc1cc(OC)c([C@H](N)CCCN)c(OC)c1.Cl. The molecule has 0 heterocycles. The van der Waals surface area contributed by atoms with Crippen LogP contribution < -0.4 is 25.7 Å². The molecule has 6 heteroatoms. The average molecular weight is 291 g/mol. The highest BCUT2D eigenvalue weighted by atomic mass is 35.5. The lowest BCUT2D eigenvalue weighted by atomic mass is 10.0. The number of benzene rings is 1. The molecule has 1 atom stereocenters. The first-order valence-corrected chi connectivity index (χ1v) is 5.93. The van der Waals surface area contributed by atoms with Gasteiger partial charge in [0.2, 0.25) is 0 Å². The molecule has 0 aliphatic heterocycles. The lowest BCUT2D eigenvalue weighted by molar-refractivity contribution is 0.362. The molecule has 0 aliphatic rings. The van der Waals surface area contributed by atoms with Gasteiger partial charge in [-0.15, -0.1) is 12.4 Å². The Bertz CT molecular complexity index is 363. The number of ether oxygens (including phenoxy) is 3. The van der Waals surface area contributed by atoms with Crippen LogP contribution in [0.15, 0.2) is 12.1 Å². The van der Waals surface area contributed by atoms with Crippen LogP contribution in [-0.2, 0) is 0 Å². The molecule has 4 N–H and O–H groups in total. The van der Waals surface area contributed by atoms with Gasteiger partial charge in [0.25, 0.3) is 0 Å². The maximum Gasteiger partial charge on any atom is 0.131 e. The molecule has 19 heavy (non-hydrogen) atoms. The second-order valence-corrected chi connectivity index (χ2v) is 3.98. The molecule has 1 rings (SSSR count). The summed E-state index contributed by atoms with van der Waals surface area (Å²) in [5.74, 6) is 2.03. The summed E-state index contributed by atoms with van der Waals surface area (Å²) in [5.41, 5.74) is 12.5. The molecule has 0 amide bonds. The lowest BCUT2D eigenvalue weighted by Gasteiger charge is -2.19. The van der Waals surface area contributed by atoms with Gasteiger partial charge in [-0.05, 0) is 19.4 Å². The second-order valence-electron chi connectivity index (χ2n) is 3.98. The van der Waals surface area contributed by atoms with Crippen LogP contribution in [0.25, 0.3) is 0 Å². The smallest absolute Gasteiger partial charge is 0.131 e. The van der Waals surface area contributed by atoms with Crippen molar-refractivity contribution in [1.29, 1.82) is 0 Å². The van der Waals surface area contributed by atoms with E-state index >= 15 is 0 Å². The van der Waals surface area contributed by atoms with E-state index in [0.717, 1.165) is 18.4 Å². The van der Waals surface area contributed by atoms with Crippen LogP contribution in [0.4, 0.5) is 0 Å². The zero-order valence-electron chi connectivity index (χ0n) is 11.6. The van der Waals surface area contributed by atoms with Crippen molar-refractivity contribution in [2.75, 3.05) is 27.9 Å². The number of rotatable bonds is 7. The molecule has 0 aliphatic carbocycles. The van der Waals surface area contributed by atoms with Gasteiger partial charge in [-0.25, -0.2) is 0 Å². The monoisotopic (exact) mass is 290 g/mol. The maximum absolute atomic E-state index is 6.17. The summed E-state index contributed by atoms with van der Waals surface area (Å²) in [6.07, 6.45) is 1.65. The van der Waals surface area contributed by atoms with Gasteiger partial charge >= 0.3 is 0 Å². The molecule has 1 aromatic rings. The van der Waals surface area contributed by atoms with Crippen molar-refractivity contribution >= 4 is 12.4 Å². The van der Waals surface area contributed by atoms with Gasteiger partial charge in [-0.1, -0.05) is 0 Å². The zero-order valence-corrected chi connectivity index (χ0v) is 12.5. The predicted octanol–water partition coefficient (Wildman–Crippen LogP) is 1.87. The fraction of sp³-hybridized carbons (Fsp3) is 0.538. The van der Waals surface area contributed by atoms with E-state index in [4.69, 9.17) is 25.7 Å². The Balaban J connectivity index is 0.00000324. The third-order valence-corrected chi connectivity index (χ3v) is 2.84. The Morgan fingerprint density at radius 2 is 1.58 bits per heavy atom. The third kappa shape index (κ3) is 4.45. The number of hydrogen-bond acceptors (Lipinski definition) is 5. The molecular formula is C13H23ClN2O3. The summed E-state index contributed by atoms with van der Waals surface area (Å²) in [6, 6.07) is 3.45. The van der Waals surface area contributed by atoms with Crippen LogP contribution in [0.3, 0.4) is 0 Å². The minimum atomic E-state index is -0.163. The van der Waals surface area contributed by atoms with Crippen LogP contribution in [0.5, 0.6) is 17.2 Å². The largest absolute Gasteiger partial charge is 0.496 e. The average Bonchev–Trinajstić information content (AvgIpc) is 2.42. The van der Waals surface area contributed by atoms with Gasteiger partial charge in [0.05, 0.1) is 26.9 Å². The summed E-state index contributed by atoms with van der Waals surface area (Å²) < 4.78 is 15.9. The summed E-state index contributed by atoms with van der Waals surface area (Å²) in [5, 5.41) is 0. The fourth-order valence-electron chi connectivity index (χ4n) is 1.88. The van der Waals surface area contributed by atoms with Gasteiger partial charge in [0.15, 0.2) is 0 Å². The molecule has 0 unspecified atom stereocenters. The highest BCUT2D eigenvalue weighted by molar-refractivity contribution is 5.85. The summed E-state index contributed by atoms with van der Waals surface area (Å²) >= 11 is 0. The Labute approximate surface area is 120 Å². The number of methoxy groups -OCH3 is 3. The van der Waals surface area contributed by atoms with Crippen molar-refractivity contribution in [2.45, 2.75) is 18.9 Å². The number of halogens is 1. The minimum absolute atomic E-state index is 0. The minimum Gasteiger partial charge on any atom is -0.496 e. The highest BCUT2D eigenvalue weighted by Crippen LogP contribution is 2.38. The van der Waals surface area contributed by atoms with Gasteiger partial charge in [-0.3, -0.25) is 0 Å². The normalized spacial score (nSPS) is 11.4. The summed E-state index contributed by atoms with van der Waals surface area (Å²) in [4.78, 5) is 0. The molecular weight excluding hydrogens is 268 g/mol. The zero-order chi connectivity index (χ0) is 13.5. The van der Waals surface area contributed by atoms with E-state index < -0.39 is 0 Å². The van der Waals surface area contributed by atoms with E-state index in [2.05, 4.69) is 0 Å². The van der Waals surface area contributed by atoms with Crippen molar-refractivity contribution in [3.63, 3.8) is 0 Å². The van der Waals surface area contributed by atoms with Crippen molar-refractivity contribution < 1.29 is 14.2 Å². The summed E-state index contributed by atoms with van der Waals surface area (Å²) in [6.45, 7) is 0.620. The topological polar surface area (TPSA) is 79.7 Å². The first-order chi connectivity index (χ1) is 8.67. The van der Waals surface area contributed by atoms with Gasteiger partial charge in [0.1, 0.15) is 17.2 Å². The van der Waals surface area contributed by atoms with Crippen molar-refractivity contribution in [1.82, 2.24) is 0 Å². The third-order valence-electron chi connectivity index (χ3n) is 2.84. The highest BCUT2D eigenvalue weighted by Gasteiger charge is 2.19. The van der Waals surface area contributed by atoms with E-state index in [-0.39, 0.29) is 18.4 Å². The quantitative estimate of drug-likeness (QED) is 0.801. The van der Waals surface area contributed by atoms with Crippen LogP contribution >= 0.6 is 12.4 Å². The molecule has 110 valence electrons. The molecule has 0 fully saturated rings. The second kappa shape index (κ2) is 8.85. The van der Waals surface area contributed by atoms with Crippen molar-refractivity contribution in [3.8, 4) is 17.2 Å². The first-order valence-electron chi connectivity index (χ1n) is 5.93. The summed E-state index contributed by atoms with van der Waals surface area (Å²) in [7, 11) is 4.81. The standard InChI is InChI=1S/C13H22N2O3.ClH/c1-16-9-7-11(17-2)13(12(8-9)18-3)10(15)5-4-6-14;/h7-8,10H,4-6,14-15H2,1-3H3;1H/t10-;/m1./s1. The first kappa shape index (κ1) is 17.8. The van der Waals surface area contributed by atoms with Crippen LogP contribution in [0, 0.1) is 0 Å². The van der Waals surface area contributed by atoms with Crippen LogP contribution in [-0.4, -0.2) is 27.9 Å². The van der Waals surface area contributed by atoms with Crippen LogP contribution in [0.2, 0.25) is 0 Å². The Kier molecular flexibility index (Phi) is 8.30. The predicted molar refractivity (Wildman–Crippen MR) is 78.6 cm³/mol. The molecule has 0 saturated carbocycles. The molecule has 0 saturated heterocycles. The number of hydrogen-bond donors (Lipinski definition) is 2. The van der Waals surface area contributed by atoms with Gasteiger partial charge < -0.3 is 25.7 Å². The van der Waals surface area contributed by atoms with E-state index in [1.807, 2.05) is 0 Å². The molecule has 5 nitrogen and oxygen atoms in total. The van der Waals surface area contributed by atoms with Crippen molar-refractivity contribution in [3.05, 3.63) is 17.7 Å². The van der Waals surface area contributed by atoms with Gasteiger partial charge in [0, 0.05) is 18.2 Å². The molecule has 0 radical (unpaired) electrons. The number of nitrogens with two attached hydrogens (primary N) is 2. The van der Waals surface area contributed by atoms with E-state index in [9.17, 15) is 0 Å². The lowest BCUT2D eigenvalue weighted by Crippen LogP contribution is -2.15. The van der Waals surface area contributed by atoms with Crippen molar-refractivity contribution in [2.24, 2.45) is 11.5 Å². The molecule has 1 aromatic carbocycles. The van der Waals surface area contributed by atoms with E-state index in [0.29, 0.717) is 23.8 Å². The van der Waals surface area contributed by atoms with E-state index in [1.54, 1.807) is 33.5 Å². The Morgan fingerprint density at radius 1 is 1.05 bits per heavy atom. The molecule has 0 bridgehead atoms. The molecule has 0 aromatic heterocycles. The van der Waals surface area contributed by atoms with Gasteiger partial charge in [-0.2, -0.15) is 0 Å². The maximum atomic E-state index is 6.17. The Hall–Kier alpha value is -1.17.